The van der Waals surface area contributed by atoms with Gasteiger partial charge in [-0.1, -0.05) is 112 Å². The van der Waals surface area contributed by atoms with Crippen molar-refractivity contribution in [1.82, 2.24) is 24.1 Å². The van der Waals surface area contributed by atoms with Crippen molar-refractivity contribution < 1.29 is 0 Å². The van der Waals surface area contributed by atoms with E-state index in [1.54, 1.807) is 4.57 Å². The van der Waals surface area contributed by atoms with E-state index in [0.717, 1.165) is 11.1 Å². The van der Waals surface area contributed by atoms with Gasteiger partial charge in [-0.05, 0) is 12.1 Å². The highest BCUT2D eigenvalue weighted by atomic mass is 15.2. The van der Waals surface area contributed by atoms with Crippen LogP contribution < -0.4 is 54.6 Å². The zero-order valence-corrected chi connectivity index (χ0v) is 28.7. The van der Waals surface area contributed by atoms with Gasteiger partial charge in [0, 0.05) is 54.9 Å². The predicted octanol–water partition coefficient (Wildman–Crippen LogP) is -2.66. The van der Waals surface area contributed by atoms with Crippen molar-refractivity contribution in [3.05, 3.63) is 91.0 Å². The molecule has 54 heavy (non-hydrogen) atoms. The zero-order valence-electron chi connectivity index (χ0n) is 28.7. The van der Waals surface area contributed by atoms with E-state index in [9.17, 15) is 0 Å². The number of fused-ring (bicyclic) bond motifs is 7. The Bertz CT molecular complexity index is 2980. The molecule has 0 fully saturated rings. The highest BCUT2D eigenvalue weighted by molar-refractivity contribution is 6.71. The molecule has 9 aromatic rings. The van der Waals surface area contributed by atoms with Crippen molar-refractivity contribution in [2.45, 2.75) is 0 Å². The van der Waals surface area contributed by atoms with E-state index in [-0.39, 0.29) is 60.6 Å². The summed E-state index contributed by atoms with van der Waals surface area (Å²) in [7, 11) is 68.1. The van der Waals surface area contributed by atoms with E-state index in [1.165, 1.54) is 0 Å². The molecule has 9 rings (SSSR count). The second kappa shape index (κ2) is 12.6. The van der Waals surface area contributed by atoms with E-state index in [2.05, 4.69) is 0 Å². The molecule has 226 valence electrons. The van der Waals surface area contributed by atoms with Crippen LogP contribution in [-0.4, -0.2) is 103 Å². The molecule has 15 heteroatoms. The molecule has 0 saturated carbocycles. The number of para-hydroxylation sites is 1. The van der Waals surface area contributed by atoms with Crippen molar-refractivity contribution in [3.8, 4) is 34.4 Å². The lowest BCUT2D eigenvalue weighted by atomic mass is 9.64. The molecule has 0 saturated heterocycles. The molecule has 0 unspecified atom stereocenters. The summed E-state index contributed by atoms with van der Waals surface area (Å²) in [5.41, 5.74) is 5.19. The summed E-state index contributed by atoms with van der Waals surface area (Å²) in [6.07, 6.45) is 0. The lowest BCUT2D eigenvalue weighted by Crippen LogP contribution is -2.48. The quantitative estimate of drug-likeness (QED) is 0.194. The summed E-state index contributed by atoms with van der Waals surface area (Å²) in [4.78, 5) is 14.9. The molecule has 0 N–H and O–H groups in total. The molecule has 3 aromatic heterocycles. The van der Waals surface area contributed by atoms with Gasteiger partial charge in [-0.25, -0.2) is 4.98 Å². The van der Waals surface area contributed by atoms with Gasteiger partial charge < -0.3 is 4.57 Å². The highest BCUT2D eigenvalue weighted by Gasteiger charge is 2.29. The zero-order chi connectivity index (χ0) is 37.7. The van der Waals surface area contributed by atoms with Crippen LogP contribution >= 0.6 is 0 Å². The van der Waals surface area contributed by atoms with Crippen LogP contribution in [-0.2, 0) is 0 Å². The number of hydrogen-bond donors (Lipinski definition) is 0. The topological polar surface area (TPSA) is 48.5 Å². The van der Waals surface area contributed by atoms with Gasteiger partial charge in [0.25, 0.3) is 0 Å². The van der Waals surface area contributed by atoms with E-state index in [0.29, 0.717) is 60.9 Å². The van der Waals surface area contributed by atoms with Crippen LogP contribution in [0, 0.1) is 0 Å². The molecular weight excluding hydrogens is 647 g/mol. The molecule has 6 aromatic carbocycles. The molecule has 0 aliphatic heterocycles. The molecule has 20 radical (unpaired) electrons. The molecule has 0 aliphatic carbocycles. The van der Waals surface area contributed by atoms with Gasteiger partial charge in [-0.3, -0.25) is 4.57 Å². The minimum Gasteiger partial charge on any atom is -0.310 e. The average molecular weight is 662 g/mol. The Morgan fingerprint density at radius 2 is 0.648 bits per heavy atom. The second-order valence-corrected chi connectivity index (χ2v) is 13.1. The number of hydrogen-bond acceptors (Lipinski definition) is 3. The monoisotopic (exact) mass is 663 g/mol. The van der Waals surface area contributed by atoms with Crippen molar-refractivity contribution >= 4 is 177 Å². The minimum atomic E-state index is 0.0694. The number of rotatable bonds is 4. The first-order valence-corrected chi connectivity index (χ1v) is 16.8. The normalized spacial score (nSPS) is 11.7. The average Bonchev–Trinajstić information content (AvgIpc) is 3.75. The van der Waals surface area contributed by atoms with Gasteiger partial charge in [0.1, 0.15) is 78.5 Å². The Hall–Kier alpha value is -5.42. The highest BCUT2D eigenvalue weighted by Crippen LogP contribution is 2.38. The second-order valence-electron chi connectivity index (χ2n) is 13.1. The molecule has 3 heterocycles. The third-order valence-electron chi connectivity index (χ3n) is 10.1. The summed E-state index contributed by atoms with van der Waals surface area (Å²) in [6.45, 7) is 0. The number of nitrogens with zero attached hydrogens (tertiary/aromatic N) is 5. The van der Waals surface area contributed by atoms with Gasteiger partial charge in [0.2, 0.25) is 5.95 Å². The van der Waals surface area contributed by atoms with Crippen LogP contribution in [0.15, 0.2) is 91.0 Å². The van der Waals surface area contributed by atoms with Gasteiger partial charge in [-0.2, -0.15) is 9.97 Å². The maximum absolute atomic E-state index is 7.18. The smallest absolute Gasteiger partial charge is 0.238 e. The van der Waals surface area contributed by atoms with Crippen molar-refractivity contribution in [2.75, 3.05) is 0 Å². The molecule has 5 nitrogen and oxygen atoms in total. The fourth-order valence-electron chi connectivity index (χ4n) is 7.47. The SMILES string of the molecule is [B]c1c([B])c([B])c2c(c1[B])c1c3c4c([B])c([B])c([B])c([B])c4n(-c4nc(-c5ccccc5)nc(-c5ccccc5)n4)c3c([B])c([B])c1n2-c1ccccc1. The number of aromatic nitrogens is 5. The number of benzene rings is 6. The fourth-order valence-corrected chi connectivity index (χ4v) is 7.47. The van der Waals surface area contributed by atoms with Crippen molar-refractivity contribution in [2.24, 2.45) is 0 Å². The molecule has 0 bridgehead atoms. The van der Waals surface area contributed by atoms with Gasteiger partial charge >= 0.3 is 0 Å². The molecule has 0 aliphatic rings. The Balaban J connectivity index is 1.58. The van der Waals surface area contributed by atoms with Crippen LogP contribution in [0.3, 0.4) is 0 Å². The van der Waals surface area contributed by atoms with E-state index >= 15 is 0 Å². The Morgan fingerprint density at radius 1 is 0.315 bits per heavy atom. The maximum atomic E-state index is 7.18. The summed E-state index contributed by atoms with van der Waals surface area (Å²) < 4.78 is 3.56. The van der Waals surface area contributed by atoms with E-state index in [1.807, 2.05) is 95.6 Å². The largest absolute Gasteiger partial charge is 0.310 e. The Morgan fingerprint density at radius 3 is 1.09 bits per heavy atom. The standard InChI is InChI=1S/C39H15B10N5/c40-23-21-19-20-22-24(41)26(43)28(45)30(47)36(22)54(39-51-37(16-10-4-1-5-11-16)50-38(52-39)17-12-6-2-7-13-17)34(20)32(49)31(48)33(19)53(18-14-8-3-9-15-18)35(21)29(46)27(44)25(23)42/h1-15H. The van der Waals surface area contributed by atoms with E-state index < -0.39 is 0 Å². The Labute approximate surface area is 324 Å². The van der Waals surface area contributed by atoms with Crippen molar-refractivity contribution in [3.63, 3.8) is 0 Å². The molecule has 0 atom stereocenters. The van der Waals surface area contributed by atoms with Gasteiger partial charge in [-0.15, -0.1) is 21.9 Å². The first-order chi connectivity index (χ1) is 26.0. The van der Waals surface area contributed by atoms with E-state index in [4.69, 9.17) is 93.4 Å². The van der Waals surface area contributed by atoms with Crippen LogP contribution in [0.2, 0.25) is 0 Å². The first kappa shape index (κ1) is 34.4. The summed E-state index contributed by atoms with van der Waals surface area (Å²) in [5.74, 6) is 0.933. The molecule has 0 amide bonds. The first-order valence-electron chi connectivity index (χ1n) is 16.8. The molecular formula is C39H15B10N5. The fraction of sp³-hybridized carbons (Fsp3) is 0. The van der Waals surface area contributed by atoms with Crippen LogP contribution in [0.5, 0.6) is 0 Å². The summed E-state index contributed by atoms with van der Waals surface area (Å²) in [6, 6.07) is 28.5. The Kier molecular flexibility index (Phi) is 8.00. The van der Waals surface area contributed by atoms with Crippen molar-refractivity contribution in [1.29, 1.82) is 0 Å². The summed E-state index contributed by atoms with van der Waals surface area (Å²) >= 11 is 0. The maximum Gasteiger partial charge on any atom is 0.238 e. The molecule has 0 spiro atoms. The lowest BCUT2D eigenvalue weighted by Gasteiger charge is -2.17. The van der Waals surface area contributed by atoms with Gasteiger partial charge in [0.05, 0.1) is 5.52 Å². The lowest BCUT2D eigenvalue weighted by molar-refractivity contribution is 0.956. The third kappa shape index (κ3) is 4.76. The van der Waals surface area contributed by atoms with Crippen LogP contribution in [0.1, 0.15) is 0 Å². The van der Waals surface area contributed by atoms with Crippen LogP contribution in [0.25, 0.3) is 78.0 Å². The minimum absolute atomic E-state index is 0.0694. The van der Waals surface area contributed by atoms with Crippen LogP contribution in [0.4, 0.5) is 0 Å². The summed E-state index contributed by atoms with van der Waals surface area (Å²) in [5, 5.41) is 1.88. The third-order valence-corrected chi connectivity index (χ3v) is 10.1. The predicted molar refractivity (Wildman–Crippen MR) is 233 cm³/mol. The van der Waals surface area contributed by atoms with Gasteiger partial charge in [0.15, 0.2) is 11.6 Å².